The van der Waals surface area contributed by atoms with Gasteiger partial charge in [-0.15, -0.1) is 11.3 Å². The van der Waals surface area contributed by atoms with Crippen LogP contribution >= 0.6 is 11.3 Å². The largest absolute Gasteiger partial charge is 0.455 e. The summed E-state index contributed by atoms with van der Waals surface area (Å²) < 4.78 is 21.2. The van der Waals surface area contributed by atoms with Gasteiger partial charge in [0.25, 0.3) is 0 Å². The Labute approximate surface area is 211 Å². The van der Waals surface area contributed by atoms with Gasteiger partial charge in [0.1, 0.15) is 22.0 Å². The maximum absolute atomic E-state index is 13.7. The predicted octanol–water partition coefficient (Wildman–Crippen LogP) is 9.64. The lowest BCUT2D eigenvalue weighted by molar-refractivity contribution is 0.628. The van der Waals surface area contributed by atoms with E-state index in [2.05, 4.69) is 55.5 Å². The minimum atomic E-state index is -0.244. The molecule has 0 aliphatic heterocycles. The van der Waals surface area contributed by atoms with E-state index in [4.69, 9.17) is 9.40 Å². The molecule has 0 amide bonds. The number of halogens is 1. The standard InChI is InChI=1S/C32H20FNOS/c1-19-7-2-3-8-23(19)32-34-30-27(17-21(18-29(30)36-32)20-13-15-22(33)16-14-20)26-11-6-10-25-24-9-4-5-12-28(24)35-31(25)26/h2-18H,1H3. The van der Waals surface area contributed by atoms with Gasteiger partial charge < -0.3 is 4.42 Å². The van der Waals surface area contributed by atoms with E-state index in [1.807, 2.05) is 42.5 Å². The minimum absolute atomic E-state index is 0.244. The summed E-state index contributed by atoms with van der Waals surface area (Å²) in [4.78, 5) is 5.15. The lowest BCUT2D eigenvalue weighted by atomic mass is 9.96. The zero-order chi connectivity index (χ0) is 24.2. The van der Waals surface area contributed by atoms with Gasteiger partial charge in [-0.1, -0.05) is 72.8 Å². The first kappa shape index (κ1) is 21.0. The average Bonchev–Trinajstić information content (AvgIpc) is 3.50. The molecule has 0 atom stereocenters. The Bertz CT molecular complexity index is 1910. The van der Waals surface area contributed by atoms with Crippen molar-refractivity contribution in [1.82, 2.24) is 4.98 Å². The van der Waals surface area contributed by atoms with Gasteiger partial charge in [-0.05, 0) is 53.9 Å². The molecule has 5 aromatic carbocycles. The quantitative estimate of drug-likeness (QED) is 0.249. The number of aromatic nitrogens is 1. The van der Waals surface area contributed by atoms with Crippen LogP contribution in [0.15, 0.2) is 108 Å². The SMILES string of the molecule is Cc1ccccc1-c1nc2c(-c3cccc4c3oc3ccccc34)cc(-c3ccc(F)cc3)cc2s1. The average molecular weight is 486 g/mol. The Morgan fingerprint density at radius 1 is 0.694 bits per heavy atom. The monoisotopic (exact) mass is 485 g/mol. The highest BCUT2D eigenvalue weighted by molar-refractivity contribution is 7.21. The molecule has 0 N–H and O–H groups in total. The van der Waals surface area contributed by atoms with Crippen molar-refractivity contribution in [1.29, 1.82) is 0 Å². The molecular formula is C32H20FNOS. The molecule has 0 aliphatic carbocycles. The molecule has 0 aliphatic rings. The van der Waals surface area contributed by atoms with Gasteiger partial charge >= 0.3 is 0 Å². The number of fused-ring (bicyclic) bond motifs is 4. The van der Waals surface area contributed by atoms with Crippen LogP contribution in [0.4, 0.5) is 4.39 Å². The number of furan rings is 1. The molecular weight excluding hydrogens is 465 g/mol. The van der Waals surface area contributed by atoms with Crippen molar-refractivity contribution in [2.75, 3.05) is 0 Å². The Balaban J connectivity index is 1.55. The smallest absolute Gasteiger partial charge is 0.143 e. The zero-order valence-electron chi connectivity index (χ0n) is 19.5. The van der Waals surface area contributed by atoms with E-state index in [0.717, 1.165) is 65.0 Å². The fourth-order valence-electron chi connectivity index (χ4n) is 4.93. The summed E-state index contributed by atoms with van der Waals surface area (Å²) in [5.41, 5.74) is 8.97. The molecule has 2 heterocycles. The number of hydrogen-bond donors (Lipinski definition) is 0. The second kappa shape index (κ2) is 8.14. The lowest BCUT2D eigenvalue weighted by Crippen LogP contribution is -1.86. The molecule has 0 radical (unpaired) electrons. The summed E-state index contributed by atoms with van der Waals surface area (Å²) in [7, 11) is 0. The molecule has 2 aromatic heterocycles. The molecule has 0 saturated carbocycles. The van der Waals surface area contributed by atoms with Crippen molar-refractivity contribution >= 4 is 43.5 Å². The van der Waals surface area contributed by atoms with Gasteiger partial charge in [-0.2, -0.15) is 0 Å². The highest BCUT2D eigenvalue weighted by Gasteiger charge is 2.19. The van der Waals surface area contributed by atoms with Crippen molar-refractivity contribution < 1.29 is 8.81 Å². The van der Waals surface area contributed by atoms with Gasteiger partial charge in [-0.3, -0.25) is 0 Å². The predicted molar refractivity (Wildman–Crippen MR) is 148 cm³/mol. The Hall–Kier alpha value is -4.28. The van der Waals surface area contributed by atoms with Crippen LogP contribution in [0, 0.1) is 12.7 Å². The summed E-state index contributed by atoms with van der Waals surface area (Å²) in [6, 6.07) is 33.7. The Morgan fingerprint density at radius 3 is 2.31 bits per heavy atom. The highest BCUT2D eigenvalue weighted by Crippen LogP contribution is 2.43. The van der Waals surface area contributed by atoms with Crippen molar-refractivity contribution in [3.8, 4) is 32.8 Å². The van der Waals surface area contributed by atoms with Crippen LogP contribution in [0.1, 0.15) is 5.56 Å². The van der Waals surface area contributed by atoms with E-state index in [-0.39, 0.29) is 5.82 Å². The molecule has 2 nitrogen and oxygen atoms in total. The Morgan fingerprint density at radius 2 is 1.44 bits per heavy atom. The Kier molecular flexibility index (Phi) is 4.76. The van der Waals surface area contributed by atoms with Gasteiger partial charge in [0.15, 0.2) is 0 Å². The number of para-hydroxylation sites is 2. The first-order valence-electron chi connectivity index (χ1n) is 11.8. The second-order valence-corrected chi connectivity index (χ2v) is 10.0. The van der Waals surface area contributed by atoms with Crippen LogP contribution < -0.4 is 0 Å². The highest BCUT2D eigenvalue weighted by atomic mass is 32.1. The molecule has 0 fully saturated rings. The maximum atomic E-state index is 13.7. The number of thiazole rings is 1. The van der Waals surface area contributed by atoms with Gasteiger partial charge in [0, 0.05) is 27.5 Å². The van der Waals surface area contributed by atoms with Gasteiger partial charge in [-0.25, -0.2) is 9.37 Å². The molecule has 0 bridgehead atoms. The fourth-order valence-corrected chi connectivity index (χ4v) is 6.05. The molecule has 4 heteroatoms. The minimum Gasteiger partial charge on any atom is -0.455 e. The van der Waals surface area contributed by atoms with Crippen LogP contribution in [-0.2, 0) is 0 Å². The van der Waals surface area contributed by atoms with E-state index < -0.39 is 0 Å². The summed E-state index contributed by atoms with van der Waals surface area (Å²) in [5, 5.41) is 3.16. The van der Waals surface area contributed by atoms with Crippen LogP contribution in [-0.4, -0.2) is 4.98 Å². The van der Waals surface area contributed by atoms with Crippen molar-refractivity contribution in [2.24, 2.45) is 0 Å². The van der Waals surface area contributed by atoms with Crippen LogP contribution in [0.25, 0.3) is 65.0 Å². The van der Waals surface area contributed by atoms with E-state index in [1.165, 1.54) is 17.7 Å². The summed E-state index contributed by atoms with van der Waals surface area (Å²) >= 11 is 1.68. The van der Waals surface area contributed by atoms with E-state index in [1.54, 1.807) is 11.3 Å². The summed E-state index contributed by atoms with van der Waals surface area (Å²) in [5.74, 6) is -0.244. The topological polar surface area (TPSA) is 26.0 Å². The van der Waals surface area contributed by atoms with Crippen LogP contribution in [0.3, 0.4) is 0 Å². The first-order valence-corrected chi connectivity index (χ1v) is 12.6. The summed E-state index contributed by atoms with van der Waals surface area (Å²) in [6.07, 6.45) is 0. The first-order chi connectivity index (χ1) is 17.7. The van der Waals surface area contributed by atoms with E-state index >= 15 is 0 Å². The van der Waals surface area contributed by atoms with E-state index in [0.29, 0.717) is 0 Å². The van der Waals surface area contributed by atoms with Gasteiger partial charge in [0.2, 0.25) is 0 Å². The number of nitrogens with zero attached hydrogens (tertiary/aromatic N) is 1. The van der Waals surface area contributed by atoms with Crippen molar-refractivity contribution in [3.63, 3.8) is 0 Å². The van der Waals surface area contributed by atoms with Gasteiger partial charge in [0.05, 0.1) is 10.2 Å². The molecule has 7 aromatic rings. The molecule has 0 unspecified atom stereocenters. The molecule has 0 saturated heterocycles. The third kappa shape index (κ3) is 3.34. The second-order valence-electron chi connectivity index (χ2n) is 8.99. The molecule has 7 rings (SSSR count). The number of aryl methyl sites for hydroxylation is 1. The number of benzene rings is 5. The third-order valence-electron chi connectivity index (χ3n) is 6.74. The van der Waals surface area contributed by atoms with Crippen molar-refractivity contribution in [3.05, 3.63) is 115 Å². The molecule has 0 spiro atoms. The third-order valence-corrected chi connectivity index (χ3v) is 7.78. The normalized spacial score (nSPS) is 11.6. The molecule has 36 heavy (non-hydrogen) atoms. The van der Waals surface area contributed by atoms with Crippen molar-refractivity contribution in [2.45, 2.75) is 6.92 Å². The lowest BCUT2D eigenvalue weighted by Gasteiger charge is -2.09. The fraction of sp³-hybridized carbons (Fsp3) is 0.0312. The zero-order valence-corrected chi connectivity index (χ0v) is 20.3. The van der Waals surface area contributed by atoms with E-state index in [9.17, 15) is 4.39 Å². The maximum Gasteiger partial charge on any atom is 0.143 e. The van der Waals surface area contributed by atoms with Crippen LogP contribution in [0.5, 0.6) is 0 Å². The molecule has 172 valence electrons. The number of rotatable bonds is 3. The van der Waals surface area contributed by atoms with Crippen LogP contribution in [0.2, 0.25) is 0 Å². The number of hydrogen-bond acceptors (Lipinski definition) is 3. The summed E-state index contributed by atoms with van der Waals surface area (Å²) in [6.45, 7) is 2.11.